The maximum absolute atomic E-state index is 13.0. The van der Waals surface area contributed by atoms with E-state index in [2.05, 4.69) is 17.0 Å². The average Bonchev–Trinajstić information content (AvgIpc) is 2.82. The number of hydrogen-bond donors (Lipinski definition) is 3. The molecule has 1 aromatic heterocycles. The number of hydrogen-bond acceptors (Lipinski definition) is 3. The number of rotatable bonds is 3. The van der Waals surface area contributed by atoms with Crippen LogP contribution in [0.3, 0.4) is 0 Å². The Bertz CT molecular complexity index is 1050. The van der Waals surface area contributed by atoms with Crippen LogP contribution in [0.5, 0.6) is 5.75 Å². The van der Waals surface area contributed by atoms with Crippen LogP contribution in [0, 0.1) is 12.7 Å². The third kappa shape index (κ3) is 2.94. The number of halogens is 1. The van der Waals surface area contributed by atoms with E-state index < -0.39 is 0 Å². The molecule has 0 aliphatic carbocycles. The molecule has 3 aromatic rings. The number of benzene rings is 2. The zero-order valence-corrected chi connectivity index (χ0v) is 13.0. The lowest BCUT2D eigenvalue weighted by Crippen LogP contribution is -2.34. The number of aromatic nitrogens is 2. The van der Waals surface area contributed by atoms with Gasteiger partial charge in [0.25, 0.3) is 5.56 Å². The van der Waals surface area contributed by atoms with Crippen molar-refractivity contribution in [3.05, 3.63) is 74.8 Å². The first-order valence-electron chi connectivity index (χ1n) is 7.28. The number of anilines is 1. The van der Waals surface area contributed by atoms with Gasteiger partial charge in [0.15, 0.2) is 0 Å². The Balaban J connectivity index is 2.01. The van der Waals surface area contributed by atoms with Crippen LogP contribution in [0.25, 0.3) is 18.5 Å². The average molecular weight is 325 g/mol. The van der Waals surface area contributed by atoms with Crippen LogP contribution in [0.15, 0.2) is 47.3 Å². The Morgan fingerprint density at radius 1 is 1.25 bits per heavy atom. The largest absolute Gasteiger partial charge is 0.508 e. The minimum absolute atomic E-state index is 0.177. The first-order valence-corrected chi connectivity index (χ1v) is 7.28. The van der Waals surface area contributed by atoms with Gasteiger partial charge in [-0.25, -0.2) is 9.07 Å². The molecule has 3 N–H and O–H groups in total. The molecule has 0 spiro atoms. The molecule has 0 aliphatic heterocycles. The summed E-state index contributed by atoms with van der Waals surface area (Å²) in [6.45, 7) is 5.67. The van der Waals surface area contributed by atoms with Crippen LogP contribution >= 0.6 is 0 Å². The van der Waals surface area contributed by atoms with Crippen LogP contribution in [-0.4, -0.2) is 14.9 Å². The molecule has 122 valence electrons. The molecule has 2 aromatic carbocycles. The van der Waals surface area contributed by atoms with E-state index in [4.69, 9.17) is 0 Å². The molecule has 6 heteroatoms. The summed E-state index contributed by atoms with van der Waals surface area (Å²) in [6, 6.07) is 10.5. The summed E-state index contributed by atoms with van der Waals surface area (Å²) in [5.41, 5.74) is 1.83. The van der Waals surface area contributed by atoms with E-state index in [-0.39, 0.29) is 17.1 Å². The summed E-state index contributed by atoms with van der Waals surface area (Å²) >= 11 is 0. The summed E-state index contributed by atoms with van der Waals surface area (Å²) < 4.78 is 14.3. The van der Waals surface area contributed by atoms with Gasteiger partial charge < -0.3 is 10.4 Å². The Kier molecular flexibility index (Phi) is 3.95. The number of nitrogens with one attached hydrogen (secondary N) is 2. The fourth-order valence-electron chi connectivity index (χ4n) is 2.38. The van der Waals surface area contributed by atoms with Gasteiger partial charge in [-0.2, -0.15) is 0 Å². The van der Waals surface area contributed by atoms with E-state index >= 15 is 0 Å². The van der Waals surface area contributed by atoms with Crippen LogP contribution in [-0.2, 0) is 0 Å². The highest BCUT2D eigenvalue weighted by Crippen LogP contribution is 2.19. The van der Waals surface area contributed by atoms with Crippen molar-refractivity contribution in [2.24, 2.45) is 0 Å². The smallest absolute Gasteiger partial charge is 0.280 e. The lowest BCUT2D eigenvalue weighted by atomic mass is 10.2. The zero-order chi connectivity index (χ0) is 17.3. The van der Waals surface area contributed by atoms with E-state index in [0.717, 1.165) is 11.3 Å². The van der Waals surface area contributed by atoms with Gasteiger partial charge in [0.05, 0.1) is 16.3 Å². The molecule has 0 bridgehead atoms. The number of H-pyrrole nitrogens is 1. The summed E-state index contributed by atoms with van der Waals surface area (Å²) in [5.74, 6) is -0.194. The van der Waals surface area contributed by atoms with Crippen molar-refractivity contribution in [2.45, 2.75) is 6.92 Å². The van der Waals surface area contributed by atoms with E-state index in [1.165, 1.54) is 28.9 Å². The Labute approximate surface area is 137 Å². The quantitative estimate of drug-likeness (QED) is 0.640. The van der Waals surface area contributed by atoms with E-state index in [0.29, 0.717) is 16.3 Å². The van der Waals surface area contributed by atoms with E-state index in [9.17, 15) is 14.3 Å². The van der Waals surface area contributed by atoms with Gasteiger partial charge >= 0.3 is 0 Å². The second-order valence-electron chi connectivity index (χ2n) is 5.41. The fraction of sp³-hybridized carbons (Fsp3) is 0.0556. The van der Waals surface area contributed by atoms with Crippen molar-refractivity contribution >= 4 is 18.5 Å². The Morgan fingerprint density at radius 3 is 2.62 bits per heavy atom. The van der Waals surface area contributed by atoms with E-state index in [1.807, 2.05) is 6.92 Å². The van der Waals surface area contributed by atoms with Crippen molar-refractivity contribution in [1.82, 2.24) is 9.78 Å². The molecule has 0 saturated heterocycles. The number of aryl methyl sites for hydroxylation is 1. The standard InChI is InChI=1S/C18H16FN3O2/c1-11-9-15(23)7-8-17(11)20-10-16-12(2)21-22(18(16)24)14-5-3-13(19)4-6-14/h3-10,20-21,23H,2H2,1H3. The highest BCUT2D eigenvalue weighted by Gasteiger charge is 2.05. The van der Waals surface area contributed by atoms with Crippen molar-refractivity contribution in [3.63, 3.8) is 0 Å². The number of aromatic hydroxyl groups is 1. The molecule has 24 heavy (non-hydrogen) atoms. The monoisotopic (exact) mass is 325 g/mol. The predicted molar refractivity (Wildman–Crippen MR) is 92.1 cm³/mol. The lowest BCUT2D eigenvalue weighted by Gasteiger charge is -2.04. The second kappa shape index (κ2) is 6.08. The van der Waals surface area contributed by atoms with Gasteiger partial charge in [-0.1, -0.05) is 6.58 Å². The molecule has 5 nitrogen and oxygen atoms in total. The highest BCUT2D eigenvalue weighted by atomic mass is 19.1. The van der Waals surface area contributed by atoms with Crippen LogP contribution in [0.1, 0.15) is 5.56 Å². The van der Waals surface area contributed by atoms with Crippen LogP contribution in [0.4, 0.5) is 10.1 Å². The van der Waals surface area contributed by atoms with Crippen molar-refractivity contribution < 1.29 is 9.50 Å². The third-order valence-electron chi connectivity index (χ3n) is 3.67. The van der Waals surface area contributed by atoms with Crippen molar-refractivity contribution in [1.29, 1.82) is 0 Å². The fourth-order valence-corrected chi connectivity index (χ4v) is 2.38. The van der Waals surface area contributed by atoms with Crippen molar-refractivity contribution in [2.75, 3.05) is 5.32 Å². The summed E-state index contributed by atoms with van der Waals surface area (Å²) in [5, 5.41) is 16.1. The maximum Gasteiger partial charge on any atom is 0.280 e. The molecule has 0 amide bonds. The molecular weight excluding hydrogens is 309 g/mol. The van der Waals surface area contributed by atoms with Crippen LogP contribution < -0.4 is 21.4 Å². The van der Waals surface area contributed by atoms with E-state index in [1.54, 1.807) is 24.4 Å². The SMILES string of the molecule is C=c1[nH]n(-c2ccc(F)cc2)c(=O)c1=CNc1ccc(O)cc1C. The first-order chi connectivity index (χ1) is 11.5. The van der Waals surface area contributed by atoms with Gasteiger partial charge in [0.1, 0.15) is 11.6 Å². The predicted octanol–water partition coefficient (Wildman–Crippen LogP) is 1.58. The number of phenols is 1. The highest BCUT2D eigenvalue weighted by molar-refractivity contribution is 5.60. The normalized spacial score (nSPS) is 11.7. The summed E-state index contributed by atoms with van der Waals surface area (Å²) in [4.78, 5) is 12.5. The molecule has 0 unspecified atom stereocenters. The lowest BCUT2D eigenvalue weighted by molar-refractivity contribution is 0.475. The molecule has 0 saturated carbocycles. The topological polar surface area (TPSA) is 70.0 Å². The minimum Gasteiger partial charge on any atom is -0.508 e. The minimum atomic E-state index is -0.371. The first kappa shape index (κ1) is 15.6. The zero-order valence-electron chi connectivity index (χ0n) is 13.0. The molecule has 0 aliphatic rings. The van der Waals surface area contributed by atoms with Gasteiger partial charge in [-0.3, -0.25) is 9.89 Å². The summed E-state index contributed by atoms with van der Waals surface area (Å²) in [7, 11) is 0. The Morgan fingerprint density at radius 2 is 1.96 bits per heavy atom. The molecule has 3 rings (SSSR count). The third-order valence-corrected chi connectivity index (χ3v) is 3.67. The number of nitrogens with zero attached hydrogens (tertiary/aromatic N) is 1. The van der Waals surface area contributed by atoms with Gasteiger partial charge in [-0.05, 0) is 55.0 Å². The number of aromatic amines is 1. The molecular formula is C18H16FN3O2. The summed E-state index contributed by atoms with van der Waals surface area (Å²) in [6.07, 6.45) is 1.56. The maximum atomic E-state index is 13.0. The molecule has 0 radical (unpaired) electrons. The second-order valence-corrected chi connectivity index (χ2v) is 5.41. The van der Waals surface area contributed by atoms with Gasteiger partial charge in [-0.15, -0.1) is 0 Å². The molecule has 0 fully saturated rings. The molecule has 1 heterocycles. The van der Waals surface area contributed by atoms with Gasteiger partial charge in [0.2, 0.25) is 0 Å². The van der Waals surface area contributed by atoms with Gasteiger partial charge in [0, 0.05) is 11.9 Å². The van der Waals surface area contributed by atoms with Crippen LogP contribution in [0.2, 0.25) is 0 Å². The number of phenolic OH excluding ortho intramolecular Hbond substituents is 1. The van der Waals surface area contributed by atoms with Crippen molar-refractivity contribution in [3.8, 4) is 11.4 Å². The molecule has 0 atom stereocenters. The Hall–Kier alpha value is -3.28.